The second-order valence-corrected chi connectivity index (χ2v) is 8.15. The summed E-state index contributed by atoms with van der Waals surface area (Å²) in [5.74, 6) is -0.0199. The molecule has 1 aliphatic heterocycles. The highest BCUT2D eigenvalue weighted by atomic mass is 32.2. The summed E-state index contributed by atoms with van der Waals surface area (Å²) >= 11 is 2.91. The Bertz CT molecular complexity index is 766. The number of carbonyl (C=O) groups excluding carboxylic acids is 1. The summed E-state index contributed by atoms with van der Waals surface area (Å²) in [6.45, 7) is 1.61. The Balaban J connectivity index is 1.89. The van der Waals surface area contributed by atoms with Gasteiger partial charge in [-0.3, -0.25) is 9.59 Å². The Morgan fingerprint density at radius 3 is 2.60 bits per heavy atom. The van der Waals surface area contributed by atoms with E-state index in [1.807, 2.05) is 59.5 Å². The number of nitrogens with zero attached hydrogens (tertiary/aromatic N) is 1. The minimum Gasteiger partial charge on any atom is -0.480 e. The molecule has 0 saturated heterocycles. The summed E-state index contributed by atoms with van der Waals surface area (Å²) in [7, 11) is 0. The first-order valence-corrected chi connectivity index (χ1v) is 10.0. The van der Waals surface area contributed by atoms with E-state index in [1.54, 1.807) is 18.7 Å². The molecule has 3 rings (SSSR count). The standard InChI is InChI=1S/C19H19NO3S2/c1-13(19(22)23)24-12-18(21)20-15-9-5-6-10-17(15)25-11-16(20)14-7-3-2-4-8-14/h2-10,13,16H,11-12H2,1H3,(H,22,23)/t13-,16-/m1/s1. The lowest BCUT2D eigenvalue weighted by molar-refractivity contribution is -0.136. The number of fused-ring (bicyclic) bond motifs is 1. The van der Waals surface area contributed by atoms with Gasteiger partial charge in [0, 0.05) is 10.6 Å². The van der Waals surface area contributed by atoms with Gasteiger partial charge in [0.2, 0.25) is 5.91 Å². The Labute approximate surface area is 155 Å². The first-order valence-electron chi connectivity index (χ1n) is 8.01. The number of amides is 1. The molecule has 1 heterocycles. The first kappa shape index (κ1) is 17.9. The lowest BCUT2D eigenvalue weighted by Gasteiger charge is -2.37. The van der Waals surface area contributed by atoms with Gasteiger partial charge in [-0.15, -0.1) is 23.5 Å². The largest absolute Gasteiger partial charge is 0.480 e. The minimum atomic E-state index is -0.896. The number of hydrogen-bond donors (Lipinski definition) is 1. The van der Waals surface area contributed by atoms with Crippen molar-refractivity contribution < 1.29 is 14.7 Å². The number of carboxylic acid groups (broad SMARTS) is 1. The number of rotatable bonds is 5. The Morgan fingerprint density at radius 1 is 1.20 bits per heavy atom. The van der Waals surface area contributed by atoms with Gasteiger partial charge in [-0.25, -0.2) is 0 Å². The number of thioether (sulfide) groups is 2. The molecule has 6 heteroatoms. The van der Waals surface area contributed by atoms with E-state index in [-0.39, 0.29) is 17.7 Å². The third-order valence-electron chi connectivity index (χ3n) is 4.09. The van der Waals surface area contributed by atoms with Gasteiger partial charge in [-0.2, -0.15) is 0 Å². The van der Waals surface area contributed by atoms with E-state index in [0.717, 1.165) is 33.7 Å². The maximum absolute atomic E-state index is 13.0. The average Bonchev–Trinajstić information content (AvgIpc) is 2.65. The van der Waals surface area contributed by atoms with Crippen molar-refractivity contribution in [3.05, 3.63) is 60.2 Å². The maximum Gasteiger partial charge on any atom is 0.316 e. The van der Waals surface area contributed by atoms with Gasteiger partial charge in [-0.1, -0.05) is 42.5 Å². The van der Waals surface area contributed by atoms with Crippen LogP contribution in [-0.2, 0) is 9.59 Å². The van der Waals surface area contributed by atoms with E-state index >= 15 is 0 Å². The van der Waals surface area contributed by atoms with Crippen LogP contribution >= 0.6 is 23.5 Å². The number of hydrogen-bond acceptors (Lipinski definition) is 4. The molecule has 25 heavy (non-hydrogen) atoms. The molecule has 4 nitrogen and oxygen atoms in total. The van der Waals surface area contributed by atoms with Crippen LogP contribution in [0.4, 0.5) is 5.69 Å². The van der Waals surface area contributed by atoms with Crippen LogP contribution in [0.25, 0.3) is 0 Å². The van der Waals surface area contributed by atoms with Crippen LogP contribution in [0, 0.1) is 0 Å². The zero-order chi connectivity index (χ0) is 17.8. The molecular weight excluding hydrogens is 354 g/mol. The van der Waals surface area contributed by atoms with Crippen molar-refractivity contribution in [2.45, 2.75) is 23.1 Å². The van der Waals surface area contributed by atoms with Gasteiger partial charge >= 0.3 is 5.97 Å². The van der Waals surface area contributed by atoms with Crippen LogP contribution in [-0.4, -0.2) is 33.7 Å². The van der Waals surface area contributed by atoms with Gasteiger partial charge in [-0.05, 0) is 24.6 Å². The predicted molar refractivity (Wildman–Crippen MR) is 103 cm³/mol. The Kier molecular flexibility index (Phi) is 5.71. The molecule has 0 spiro atoms. The fourth-order valence-corrected chi connectivity index (χ4v) is 4.60. The lowest BCUT2D eigenvalue weighted by Crippen LogP contribution is -2.40. The minimum absolute atomic E-state index is 0.0469. The van der Waals surface area contributed by atoms with Crippen molar-refractivity contribution in [1.29, 1.82) is 0 Å². The molecule has 130 valence electrons. The van der Waals surface area contributed by atoms with Crippen molar-refractivity contribution in [2.75, 3.05) is 16.4 Å². The molecular formula is C19H19NO3S2. The summed E-state index contributed by atoms with van der Waals surface area (Å²) in [6.07, 6.45) is 0. The highest BCUT2D eigenvalue weighted by Gasteiger charge is 2.32. The molecule has 0 unspecified atom stereocenters. The summed E-state index contributed by atoms with van der Waals surface area (Å²) in [5.41, 5.74) is 2.00. The van der Waals surface area contributed by atoms with Crippen molar-refractivity contribution in [1.82, 2.24) is 0 Å². The quantitative estimate of drug-likeness (QED) is 0.856. The Morgan fingerprint density at radius 2 is 1.88 bits per heavy atom. The van der Waals surface area contributed by atoms with E-state index in [4.69, 9.17) is 5.11 Å². The number of para-hydroxylation sites is 1. The highest BCUT2D eigenvalue weighted by Crippen LogP contribution is 2.43. The number of carboxylic acids is 1. The molecule has 2 atom stereocenters. The molecule has 0 saturated carbocycles. The van der Waals surface area contributed by atoms with Gasteiger partial charge in [0.1, 0.15) is 0 Å². The van der Waals surface area contributed by atoms with Crippen molar-refractivity contribution >= 4 is 41.1 Å². The average molecular weight is 373 g/mol. The SMILES string of the molecule is C[C@@H](SCC(=O)N1c2ccccc2SC[C@@H]1c1ccccc1)C(=O)O. The first-order chi connectivity index (χ1) is 12.1. The topological polar surface area (TPSA) is 57.6 Å². The van der Waals surface area contributed by atoms with E-state index in [0.29, 0.717) is 0 Å². The van der Waals surface area contributed by atoms with Crippen molar-refractivity contribution in [3.63, 3.8) is 0 Å². The second kappa shape index (κ2) is 7.97. The summed E-state index contributed by atoms with van der Waals surface area (Å²) in [6, 6.07) is 17.8. The molecule has 0 aliphatic carbocycles. The number of benzene rings is 2. The fraction of sp³-hybridized carbons (Fsp3) is 0.263. The molecule has 1 N–H and O–H groups in total. The summed E-state index contributed by atoms with van der Waals surface area (Å²) < 4.78 is 0. The maximum atomic E-state index is 13.0. The molecule has 0 radical (unpaired) electrons. The molecule has 0 aromatic heterocycles. The van der Waals surface area contributed by atoms with Gasteiger partial charge in [0.15, 0.2) is 0 Å². The smallest absolute Gasteiger partial charge is 0.316 e. The van der Waals surface area contributed by atoms with Gasteiger partial charge < -0.3 is 10.0 Å². The van der Waals surface area contributed by atoms with Gasteiger partial charge in [0.05, 0.1) is 22.7 Å². The van der Waals surface area contributed by atoms with Crippen molar-refractivity contribution in [3.8, 4) is 0 Å². The zero-order valence-electron chi connectivity index (χ0n) is 13.8. The summed E-state index contributed by atoms with van der Waals surface area (Å²) in [5, 5.41) is 8.44. The molecule has 2 aromatic carbocycles. The second-order valence-electron chi connectivity index (χ2n) is 5.76. The lowest BCUT2D eigenvalue weighted by atomic mass is 10.1. The number of carbonyl (C=O) groups is 2. The van der Waals surface area contributed by atoms with Crippen LogP contribution in [0.1, 0.15) is 18.5 Å². The molecule has 0 bridgehead atoms. The number of aliphatic carboxylic acids is 1. The third kappa shape index (κ3) is 4.02. The van der Waals surface area contributed by atoms with Crippen molar-refractivity contribution in [2.24, 2.45) is 0 Å². The van der Waals surface area contributed by atoms with Crippen LogP contribution < -0.4 is 4.90 Å². The molecule has 0 fully saturated rings. The monoisotopic (exact) mass is 373 g/mol. The van der Waals surface area contributed by atoms with E-state index in [2.05, 4.69) is 0 Å². The zero-order valence-corrected chi connectivity index (χ0v) is 15.4. The molecule has 1 aliphatic rings. The van der Waals surface area contributed by atoms with Crippen LogP contribution in [0.2, 0.25) is 0 Å². The highest BCUT2D eigenvalue weighted by molar-refractivity contribution is 8.01. The molecule has 1 amide bonds. The predicted octanol–water partition coefficient (Wildman–Crippen LogP) is 4.07. The summed E-state index contributed by atoms with van der Waals surface area (Å²) in [4.78, 5) is 26.9. The normalized spacial score (nSPS) is 17.6. The molecule has 2 aromatic rings. The van der Waals surface area contributed by atoms with E-state index in [9.17, 15) is 9.59 Å². The van der Waals surface area contributed by atoms with Crippen LogP contribution in [0.3, 0.4) is 0 Å². The van der Waals surface area contributed by atoms with Gasteiger partial charge in [0.25, 0.3) is 0 Å². The van der Waals surface area contributed by atoms with E-state index < -0.39 is 11.2 Å². The van der Waals surface area contributed by atoms with Crippen LogP contribution in [0.5, 0.6) is 0 Å². The third-order valence-corrected chi connectivity index (χ3v) is 6.34. The van der Waals surface area contributed by atoms with Crippen LogP contribution in [0.15, 0.2) is 59.5 Å². The Hall–Kier alpha value is -1.92. The fourth-order valence-electron chi connectivity index (χ4n) is 2.76. The van der Waals surface area contributed by atoms with E-state index in [1.165, 1.54) is 0 Å². The number of anilines is 1.